The number of para-hydroxylation sites is 1. The van der Waals surface area contributed by atoms with Gasteiger partial charge in [-0.05, 0) is 44.7 Å². The van der Waals surface area contributed by atoms with Crippen LogP contribution in [0.25, 0.3) is 0 Å². The third kappa shape index (κ3) is 4.74. The third-order valence-electron chi connectivity index (χ3n) is 7.36. The molecule has 0 unspecified atom stereocenters. The van der Waals surface area contributed by atoms with Gasteiger partial charge in [0.05, 0.1) is 6.17 Å². The quantitative estimate of drug-likeness (QED) is 0.722. The number of nitrogens with zero attached hydrogens (tertiary/aromatic N) is 2. The van der Waals surface area contributed by atoms with Crippen LogP contribution in [0.15, 0.2) is 30.3 Å². The molecule has 0 radical (unpaired) electrons. The topological polar surface area (TPSA) is 35.6 Å². The molecule has 1 atom stereocenters. The summed E-state index contributed by atoms with van der Waals surface area (Å²) in [6, 6.07) is 11.2. The molecule has 162 valence electrons. The molecule has 4 rings (SSSR count). The zero-order chi connectivity index (χ0) is 19.4. The van der Waals surface area contributed by atoms with E-state index >= 15 is 0 Å². The highest BCUT2D eigenvalue weighted by molar-refractivity contribution is 5.94. The van der Waals surface area contributed by atoms with Crippen molar-refractivity contribution in [3.8, 4) is 0 Å². The van der Waals surface area contributed by atoms with Crippen LogP contribution in [0, 0.1) is 0 Å². The Kier molecular flexibility index (Phi) is 7.86. The van der Waals surface area contributed by atoms with Gasteiger partial charge in [-0.2, -0.15) is 0 Å². The third-order valence-corrected chi connectivity index (χ3v) is 7.36. The lowest BCUT2D eigenvalue weighted by molar-refractivity contribution is -0.125. The van der Waals surface area contributed by atoms with Gasteiger partial charge in [0.25, 0.3) is 0 Å². The number of hydrogen-bond acceptors (Lipinski definition) is 3. The van der Waals surface area contributed by atoms with Crippen LogP contribution >= 0.6 is 12.4 Å². The molecular formula is C24H38ClN3O. The largest absolute Gasteiger partial charge is 0.337 e. The Balaban J connectivity index is 0.00000240. The Bertz CT molecular complexity index is 635. The molecule has 1 aliphatic carbocycles. The van der Waals surface area contributed by atoms with Gasteiger partial charge in [-0.3, -0.25) is 4.79 Å². The molecule has 1 aromatic rings. The van der Waals surface area contributed by atoms with E-state index < -0.39 is 0 Å². The van der Waals surface area contributed by atoms with E-state index in [0.717, 1.165) is 32.0 Å². The number of nitrogens with one attached hydrogen (secondary N) is 1. The molecule has 0 bridgehead atoms. The molecule has 4 nitrogen and oxygen atoms in total. The molecule has 0 aromatic heterocycles. The van der Waals surface area contributed by atoms with Crippen molar-refractivity contribution in [2.45, 2.75) is 95.3 Å². The first kappa shape index (κ1) is 22.4. The van der Waals surface area contributed by atoms with E-state index in [2.05, 4.69) is 46.3 Å². The number of rotatable bonds is 2. The molecule has 1 aromatic carbocycles. The molecule has 3 fully saturated rings. The fourth-order valence-corrected chi connectivity index (χ4v) is 5.81. The summed E-state index contributed by atoms with van der Waals surface area (Å²) in [6.07, 6.45) is 14.4. The number of likely N-dealkylation sites (tertiary alicyclic amines) is 1. The second kappa shape index (κ2) is 10.2. The monoisotopic (exact) mass is 419 g/mol. The highest BCUT2D eigenvalue weighted by Crippen LogP contribution is 2.39. The lowest BCUT2D eigenvalue weighted by Crippen LogP contribution is -2.58. The number of carbonyl (C=O) groups excluding carboxylic acids is 1. The number of hydrogen-bond donors (Lipinski definition) is 1. The number of benzene rings is 1. The van der Waals surface area contributed by atoms with E-state index in [0.29, 0.717) is 0 Å². The molecule has 1 amide bonds. The molecule has 2 heterocycles. The fourth-order valence-electron chi connectivity index (χ4n) is 5.81. The lowest BCUT2D eigenvalue weighted by Gasteiger charge is -2.46. The smallest absolute Gasteiger partial charge is 0.247 e. The average molecular weight is 420 g/mol. The summed E-state index contributed by atoms with van der Waals surface area (Å²) in [6.45, 7) is 4.22. The standard InChI is InChI=1S/C24H37N3O.ClH/c1-20-25-23(28)24(27(20)22-14-10-7-11-15-22)16-18-26(19-17-24)21-12-8-5-3-2-4-6-9-13-21;/h7,10-11,14-15,20-21H,2-6,8-9,12-13,16-19H2,1H3,(H,25,28);1H/t20-;/m1./s1. The first-order valence-electron chi connectivity index (χ1n) is 11.6. The van der Waals surface area contributed by atoms with E-state index in [1.807, 2.05) is 6.07 Å². The molecular weight excluding hydrogens is 382 g/mol. The first-order chi connectivity index (χ1) is 13.7. The first-order valence-corrected chi connectivity index (χ1v) is 11.6. The molecule has 2 saturated heterocycles. The highest BCUT2D eigenvalue weighted by atomic mass is 35.5. The SMILES string of the molecule is C[C@@H]1NC(=O)C2(CCN(C3CCCCCCCCC3)CC2)N1c1ccccc1.Cl. The summed E-state index contributed by atoms with van der Waals surface area (Å²) in [4.78, 5) is 18.1. The van der Waals surface area contributed by atoms with Crippen molar-refractivity contribution in [2.75, 3.05) is 18.0 Å². The second-order valence-corrected chi connectivity index (χ2v) is 9.13. The van der Waals surface area contributed by atoms with Crippen LogP contribution in [0.3, 0.4) is 0 Å². The Labute approximate surface area is 182 Å². The summed E-state index contributed by atoms with van der Waals surface area (Å²) in [5.41, 5.74) is 0.799. The van der Waals surface area contributed by atoms with Crippen LogP contribution in [-0.2, 0) is 4.79 Å². The van der Waals surface area contributed by atoms with Crippen molar-refractivity contribution >= 4 is 24.0 Å². The predicted molar refractivity (Wildman–Crippen MR) is 123 cm³/mol. The predicted octanol–water partition coefficient (Wildman–Crippen LogP) is 5.12. The number of amides is 1. The maximum atomic E-state index is 13.0. The lowest BCUT2D eigenvalue weighted by atomic mass is 9.84. The minimum atomic E-state index is -0.368. The molecule has 3 aliphatic rings. The second-order valence-electron chi connectivity index (χ2n) is 9.13. The molecule has 5 heteroatoms. The molecule has 2 aliphatic heterocycles. The summed E-state index contributed by atoms with van der Waals surface area (Å²) in [5.74, 6) is 0.231. The van der Waals surface area contributed by atoms with Gasteiger partial charge in [0.1, 0.15) is 5.54 Å². The fraction of sp³-hybridized carbons (Fsp3) is 0.708. The summed E-state index contributed by atoms with van der Waals surface area (Å²) in [7, 11) is 0. The van der Waals surface area contributed by atoms with E-state index in [9.17, 15) is 4.79 Å². The molecule has 1 spiro atoms. The Morgan fingerprint density at radius 2 is 1.45 bits per heavy atom. The number of anilines is 1. The number of halogens is 1. The summed E-state index contributed by atoms with van der Waals surface area (Å²) in [5, 5.41) is 3.22. The van der Waals surface area contributed by atoms with Crippen molar-refractivity contribution in [1.29, 1.82) is 0 Å². The summed E-state index contributed by atoms with van der Waals surface area (Å²) < 4.78 is 0. The van der Waals surface area contributed by atoms with Crippen LogP contribution in [0.1, 0.15) is 77.6 Å². The molecule has 29 heavy (non-hydrogen) atoms. The zero-order valence-corrected chi connectivity index (χ0v) is 18.8. The zero-order valence-electron chi connectivity index (χ0n) is 17.9. The van der Waals surface area contributed by atoms with Gasteiger partial charge in [-0.25, -0.2) is 0 Å². The van der Waals surface area contributed by atoms with E-state index in [1.165, 1.54) is 63.5 Å². The van der Waals surface area contributed by atoms with E-state index in [4.69, 9.17) is 0 Å². The maximum Gasteiger partial charge on any atom is 0.247 e. The van der Waals surface area contributed by atoms with Gasteiger partial charge in [-0.15, -0.1) is 12.4 Å². The Morgan fingerprint density at radius 3 is 2.03 bits per heavy atom. The van der Waals surface area contributed by atoms with Crippen LogP contribution in [0.2, 0.25) is 0 Å². The van der Waals surface area contributed by atoms with Gasteiger partial charge < -0.3 is 15.1 Å². The Hall–Kier alpha value is -1.26. The Morgan fingerprint density at radius 1 is 0.897 bits per heavy atom. The van der Waals surface area contributed by atoms with Crippen LogP contribution < -0.4 is 10.2 Å². The van der Waals surface area contributed by atoms with Gasteiger partial charge in [0.2, 0.25) is 5.91 Å². The number of piperidine rings is 1. The van der Waals surface area contributed by atoms with Crippen molar-refractivity contribution in [3.05, 3.63) is 30.3 Å². The maximum absolute atomic E-state index is 13.0. The van der Waals surface area contributed by atoms with Crippen LogP contribution in [-0.4, -0.2) is 41.6 Å². The van der Waals surface area contributed by atoms with E-state index in [-0.39, 0.29) is 30.0 Å². The van der Waals surface area contributed by atoms with Crippen molar-refractivity contribution in [3.63, 3.8) is 0 Å². The summed E-state index contributed by atoms with van der Waals surface area (Å²) >= 11 is 0. The van der Waals surface area contributed by atoms with Gasteiger partial charge >= 0.3 is 0 Å². The number of carbonyl (C=O) groups is 1. The van der Waals surface area contributed by atoms with Gasteiger partial charge in [-0.1, -0.05) is 63.1 Å². The van der Waals surface area contributed by atoms with Crippen molar-refractivity contribution < 1.29 is 4.79 Å². The van der Waals surface area contributed by atoms with Crippen LogP contribution in [0.5, 0.6) is 0 Å². The van der Waals surface area contributed by atoms with Crippen molar-refractivity contribution in [1.82, 2.24) is 10.2 Å². The highest BCUT2D eigenvalue weighted by Gasteiger charge is 2.53. The average Bonchev–Trinajstić information content (AvgIpc) is 2.96. The minimum Gasteiger partial charge on any atom is -0.337 e. The normalized spacial score (nSPS) is 26.7. The van der Waals surface area contributed by atoms with Crippen molar-refractivity contribution in [2.24, 2.45) is 0 Å². The molecule has 1 saturated carbocycles. The van der Waals surface area contributed by atoms with Crippen LogP contribution in [0.4, 0.5) is 5.69 Å². The van der Waals surface area contributed by atoms with Gasteiger partial charge in [0.15, 0.2) is 0 Å². The van der Waals surface area contributed by atoms with E-state index in [1.54, 1.807) is 0 Å². The van der Waals surface area contributed by atoms with Gasteiger partial charge in [0, 0.05) is 24.8 Å². The minimum absolute atomic E-state index is 0. The molecule has 1 N–H and O–H groups in total.